The zero-order chi connectivity index (χ0) is 17.6. The molecule has 0 atom stereocenters. The molecule has 3 N–H and O–H groups in total. The monoisotopic (exact) mass is 338 g/mol. The molecule has 0 saturated carbocycles. The van der Waals surface area contributed by atoms with Crippen molar-refractivity contribution in [1.29, 1.82) is 0 Å². The third-order valence-electron chi connectivity index (χ3n) is 3.62. The van der Waals surface area contributed by atoms with Gasteiger partial charge in [0.25, 0.3) is 0 Å². The molecule has 3 aromatic rings. The summed E-state index contributed by atoms with van der Waals surface area (Å²) in [5, 5.41) is 3.04. The van der Waals surface area contributed by atoms with Crippen LogP contribution < -0.4 is 11.1 Å². The Morgan fingerprint density at radius 1 is 1.16 bits per heavy atom. The van der Waals surface area contributed by atoms with Gasteiger partial charge in [-0.3, -0.25) is 4.99 Å². The quantitative estimate of drug-likeness (QED) is 0.548. The number of aliphatic imine (C=N–C) groups is 1. The molecule has 0 saturated heterocycles. The van der Waals surface area contributed by atoms with E-state index in [2.05, 4.69) is 15.3 Å². The first-order valence-electron chi connectivity index (χ1n) is 7.94. The Kier molecular flexibility index (Phi) is 5.09. The summed E-state index contributed by atoms with van der Waals surface area (Å²) in [4.78, 5) is 8.66. The standard InChI is InChI=1S/C19H19FN4O/c1-13-2-8-16(9-3-13)24-19(21)22-11-10-17-12-25-18(23-17)14-4-6-15(20)7-5-14/h2-9,12H,10-11H2,1H3,(H3,21,22,24). The maximum Gasteiger partial charge on any atom is 0.226 e. The number of rotatable bonds is 5. The van der Waals surface area contributed by atoms with Gasteiger partial charge in [-0.1, -0.05) is 17.7 Å². The minimum atomic E-state index is -0.290. The second-order valence-electron chi connectivity index (χ2n) is 5.66. The lowest BCUT2D eigenvalue weighted by Gasteiger charge is -2.05. The van der Waals surface area contributed by atoms with E-state index in [1.807, 2.05) is 31.2 Å². The van der Waals surface area contributed by atoms with Crippen LogP contribution in [0.25, 0.3) is 11.5 Å². The first-order valence-corrected chi connectivity index (χ1v) is 7.94. The van der Waals surface area contributed by atoms with Gasteiger partial charge in [-0.05, 0) is 43.3 Å². The van der Waals surface area contributed by atoms with Crippen LogP contribution in [0.3, 0.4) is 0 Å². The number of hydrogen-bond donors (Lipinski definition) is 2. The second-order valence-corrected chi connectivity index (χ2v) is 5.66. The normalized spacial score (nSPS) is 11.5. The molecule has 128 valence electrons. The highest BCUT2D eigenvalue weighted by Crippen LogP contribution is 2.19. The summed E-state index contributed by atoms with van der Waals surface area (Å²) in [5.74, 6) is 0.525. The first kappa shape index (κ1) is 16.7. The van der Waals surface area contributed by atoms with Crippen LogP contribution in [0.15, 0.2) is 64.2 Å². The van der Waals surface area contributed by atoms with Crippen LogP contribution >= 0.6 is 0 Å². The topological polar surface area (TPSA) is 76.4 Å². The fraction of sp³-hybridized carbons (Fsp3) is 0.158. The number of benzene rings is 2. The third-order valence-corrected chi connectivity index (χ3v) is 3.62. The van der Waals surface area contributed by atoms with Gasteiger partial charge in [0.2, 0.25) is 5.89 Å². The number of nitrogens with two attached hydrogens (primary N) is 1. The number of oxazole rings is 1. The van der Waals surface area contributed by atoms with Crippen molar-refractivity contribution in [3.8, 4) is 11.5 Å². The highest BCUT2D eigenvalue weighted by atomic mass is 19.1. The molecule has 2 aromatic carbocycles. The molecule has 0 radical (unpaired) electrons. The average Bonchev–Trinajstić information content (AvgIpc) is 3.06. The fourth-order valence-electron chi connectivity index (χ4n) is 2.26. The van der Waals surface area contributed by atoms with Crippen molar-refractivity contribution >= 4 is 11.6 Å². The summed E-state index contributed by atoms with van der Waals surface area (Å²) in [6, 6.07) is 13.9. The zero-order valence-corrected chi connectivity index (χ0v) is 13.9. The number of nitrogens with zero attached hydrogens (tertiary/aromatic N) is 2. The van der Waals surface area contributed by atoms with Crippen LogP contribution in [0.5, 0.6) is 0 Å². The molecule has 5 nitrogen and oxygen atoms in total. The fourth-order valence-corrected chi connectivity index (χ4v) is 2.26. The number of hydrogen-bond acceptors (Lipinski definition) is 3. The number of aromatic nitrogens is 1. The highest BCUT2D eigenvalue weighted by Gasteiger charge is 2.06. The average molecular weight is 338 g/mol. The van der Waals surface area contributed by atoms with Crippen molar-refractivity contribution in [3.05, 3.63) is 71.9 Å². The van der Waals surface area contributed by atoms with Crippen molar-refractivity contribution < 1.29 is 8.81 Å². The minimum Gasteiger partial charge on any atom is -0.444 e. The molecule has 0 spiro atoms. The molecular weight excluding hydrogens is 319 g/mol. The molecule has 0 amide bonds. The van der Waals surface area contributed by atoms with Gasteiger partial charge in [0.05, 0.1) is 5.69 Å². The van der Waals surface area contributed by atoms with E-state index in [1.165, 1.54) is 17.7 Å². The van der Waals surface area contributed by atoms with Crippen molar-refractivity contribution in [2.45, 2.75) is 13.3 Å². The van der Waals surface area contributed by atoms with Crippen LogP contribution in [0.4, 0.5) is 10.1 Å². The number of halogens is 1. The predicted octanol–water partition coefficient (Wildman–Crippen LogP) is 3.76. The van der Waals surface area contributed by atoms with Crippen molar-refractivity contribution in [2.75, 3.05) is 11.9 Å². The van der Waals surface area contributed by atoms with E-state index in [1.54, 1.807) is 18.4 Å². The summed E-state index contributed by atoms with van der Waals surface area (Å²) in [5.41, 5.74) is 9.46. The second kappa shape index (κ2) is 7.61. The lowest BCUT2D eigenvalue weighted by Crippen LogP contribution is -2.23. The number of nitrogens with one attached hydrogen (secondary N) is 1. The largest absolute Gasteiger partial charge is 0.444 e. The van der Waals surface area contributed by atoms with Crippen molar-refractivity contribution in [1.82, 2.24) is 4.98 Å². The SMILES string of the molecule is Cc1ccc(NC(N)=NCCc2coc(-c3ccc(F)cc3)n2)cc1. The predicted molar refractivity (Wildman–Crippen MR) is 96.9 cm³/mol. The van der Waals surface area contributed by atoms with Gasteiger partial charge < -0.3 is 15.5 Å². The van der Waals surface area contributed by atoms with E-state index < -0.39 is 0 Å². The molecule has 1 aromatic heterocycles. The van der Waals surface area contributed by atoms with Gasteiger partial charge in [-0.25, -0.2) is 9.37 Å². The Balaban J connectivity index is 1.55. The van der Waals surface area contributed by atoms with E-state index in [9.17, 15) is 4.39 Å². The molecule has 0 aliphatic rings. The molecule has 0 aliphatic heterocycles. The highest BCUT2D eigenvalue weighted by molar-refractivity contribution is 5.92. The Morgan fingerprint density at radius 3 is 2.60 bits per heavy atom. The van der Waals surface area contributed by atoms with Crippen molar-refractivity contribution in [2.24, 2.45) is 10.7 Å². The van der Waals surface area contributed by atoms with E-state index in [-0.39, 0.29) is 5.82 Å². The first-order chi connectivity index (χ1) is 12.1. The number of guanidine groups is 1. The smallest absolute Gasteiger partial charge is 0.226 e. The van der Waals surface area contributed by atoms with Gasteiger partial charge >= 0.3 is 0 Å². The number of anilines is 1. The maximum absolute atomic E-state index is 12.9. The molecule has 0 bridgehead atoms. The van der Waals surface area contributed by atoms with E-state index in [4.69, 9.17) is 10.2 Å². The molecule has 0 fully saturated rings. The maximum atomic E-state index is 12.9. The van der Waals surface area contributed by atoms with Gasteiger partial charge in [0.1, 0.15) is 12.1 Å². The third kappa shape index (κ3) is 4.67. The summed E-state index contributed by atoms with van der Waals surface area (Å²) in [6.45, 7) is 2.51. The van der Waals surface area contributed by atoms with Gasteiger partial charge in [-0.2, -0.15) is 0 Å². The Morgan fingerprint density at radius 2 is 1.88 bits per heavy atom. The summed E-state index contributed by atoms with van der Waals surface area (Å²) < 4.78 is 18.4. The van der Waals surface area contributed by atoms with Crippen LogP contribution in [0, 0.1) is 12.7 Å². The van der Waals surface area contributed by atoms with Crippen LogP contribution in [-0.2, 0) is 6.42 Å². The summed E-state index contributed by atoms with van der Waals surface area (Å²) in [6.07, 6.45) is 2.18. The molecule has 3 rings (SSSR count). The Bertz CT molecular complexity index is 854. The van der Waals surface area contributed by atoms with Gasteiger partial charge in [0.15, 0.2) is 5.96 Å². The summed E-state index contributed by atoms with van der Waals surface area (Å²) in [7, 11) is 0. The van der Waals surface area contributed by atoms with Crippen LogP contribution in [-0.4, -0.2) is 17.5 Å². The lowest BCUT2D eigenvalue weighted by molar-refractivity contribution is 0.572. The molecule has 6 heteroatoms. The van der Waals surface area contributed by atoms with Gasteiger partial charge in [-0.15, -0.1) is 0 Å². The summed E-state index contributed by atoms with van der Waals surface area (Å²) >= 11 is 0. The lowest BCUT2D eigenvalue weighted by atomic mass is 10.2. The van der Waals surface area contributed by atoms with Crippen LogP contribution in [0.1, 0.15) is 11.3 Å². The molecule has 0 aliphatic carbocycles. The van der Waals surface area contributed by atoms with Crippen molar-refractivity contribution in [3.63, 3.8) is 0 Å². The van der Waals surface area contributed by atoms with E-state index in [0.717, 1.165) is 16.9 Å². The number of aryl methyl sites for hydroxylation is 1. The van der Waals surface area contributed by atoms with Gasteiger partial charge in [0, 0.05) is 24.2 Å². The molecule has 0 unspecified atom stereocenters. The van der Waals surface area contributed by atoms with Crippen LogP contribution in [0.2, 0.25) is 0 Å². The van der Waals surface area contributed by atoms with E-state index in [0.29, 0.717) is 24.8 Å². The Hall–Kier alpha value is -3.15. The molecule has 1 heterocycles. The zero-order valence-electron chi connectivity index (χ0n) is 13.9. The minimum absolute atomic E-state index is 0.290. The molecule has 25 heavy (non-hydrogen) atoms. The molecular formula is C19H19FN4O. The van der Waals surface area contributed by atoms with E-state index >= 15 is 0 Å². The Labute approximate surface area is 145 Å².